The van der Waals surface area contributed by atoms with Crippen molar-refractivity contribution in [3.63, 3.8) is 0 Å². The lowest BCUT2D eigenvalue weighted by molar-refractivity contribution is -0.131. The van der Waals surface area contributed by atoms with Gasteiger partial charge in [-0.05, 0) is 24.3 Å². The van der Waals surface area contributed by atoms with Crippen LogP contribution in [0.15, 0.2) is 24.3 Å². The van der Waals surface area contributed by atoms with Gasteiger partial charge in [0.05, 0.1) is 48.2 Å². The van der Waals surface area contributed by atoms with E-state index in [0.29, 0.717) is 30.4 Å². The Hall–Kier alpha value is -2.09. The number of aliphatic hydroxyl groups excluding tert-OH is 1. The number of aliphatic hydroxyl groups is 1. The van der Waals surface area contributed by atoms with Crippen LogP contribution in [0.3, 0.4) is 0 Å². The van der Waals surface area contributed by atoms with Gasteiger partial charge in [0.2, 0.25) is 5.91 Å². The number of hydrogen-bond donors (Lipinski definition) is 2. The summed E-state index contributed by atoms with van der Waals surface area (Å²) in [6, 6.07) is 6.35. The predicted molar refractivity (Wildman–Crippen MR) is 92.4 cm³/mol. The predicted octanol–water partition coefficient (Wildman–Crippen LogP) is 1.45. The molecule has 0 fully saturated rings. The normalized spacial score (nSPS) is 13.5. The fraction of sp³-hybridized carbons (Fsp3) is 0.312. The molecule has 25 heavy (non-hydrogen) atoms. The minimum absolute atomic E-state index is 0.135. The van der Waals surface area contributed by atoms with Gasteiger partial charge in [-0.2, -0.15) is 5.10 Å². The molecule has 2 aromatic rings. The number of fused-ring (bicyclic) bond motifs is 1. The standard InChI is InChI=1S/C16H16Cl2N4O3/c17-10-1-2-14(18)13(5-10)16(25)19-7-15(24)21-3-4-22-12(8-21)6-11(9-23)20-22/h1-2,5-6,23H,3-4,7-9H2,(H,19,25). The second-order valence-corrected chi connectivity index (χ2v) is 6.47. The van der Waals surface area contributed by atoms with Crippen LogP contribution >= 0.6 is 23.2 Å². The van der Waals surface area contributed by atoms with E-state index in [-0.39, 0.29) is 29.6 Å². The third kappa shape index (κ3) is 3.95. The number of nitrogens with zero attached hydrogens (tertiary/aromatic N) is 3. The van der Waals surface area contributed by atoms with Crippen LogP contribution in [0, 0.1) is 0 Å². The van der Waals surface area contributed by atoms with Crippen LogP contribution in [0.25, 0.3) is 0 Å². The molecule has 0 unspecified atom stereocenters. The van der Waals surface area contributed by atoms with E-state index in [0.717, 1.165) is 5.69 Å². The van der Waals surface area contributed by atoms with Gasteiger partial charge in [-0.3, -0.25) is 14.3 Å². The maximum Gasteiger partial charge on any atom is 0.253 e. The fourth-order valence-electron chi connectivity index (χ4n) is 2.65. The average molecular weight is 383 g/mol. The molecule has 1 aromatic heterocycles. The summed E-state index contributed by atoms with van der Waals surface area (Å²) in [5.41, 5.74) is 1.66. The minimum atomic E-state index is -0.453. The van der Waals surface area contributed by atoms with E-state index in [9.17, 15) is 9.59 Å². The van der Waals surface area contributed by atoms with E-state index in [4.69, 9.17) is 28.3 Å². The zero-order chi connectivity index (χ0) is 18.0. The molecule has 1 aliphatic heterocycles. The van der Waals surface area contributed by atoms with Gasteiger partial charge in [-0.25, -0.2) is 0 Å². The van der Waals surface area contributed by atoms with E-state index in [1.165, 1.54) is 12.1 Å². The highest BCUT2D eigenvalue weighted by Crippen LogP contribution is 2.20. The van der Waals surface area contributed by atoms with E-state index < -0.39 is 5.91 Å². The maximum atomic E-state index is 12.3. The molecule has 2 amide bonds. The summed E-state index contributed by atoms with van der Waals surface area (Å²) in [6.45, 7) is 1.16. The second-order valence-electron chi connectivity index (χ2n) is 5.63. The number of carbonyl (C=O) groups excluding carboxylic acids is 2. The summed E-state index contributed by atoms with van der Waals surface area (Å²) in [5, 5.41) is 16.6. The van der Waals surface area contributed by atoms with Crippen LogP contribution in [-0.2, 0) is 24.5 Å². The monoisotopic (exact) mass is 382 g/mol. The second kappa shape index (κ2) is 7.43. The Labute approximate surface area is 154 Å². The first kappa shape index (κ1) is 17.7. The molecule has 0 spiro atoms. The summed E-state index contributed by atoms with van der Waals surface area (Å²) in [7, 11) is 0. The van der Waals surface area contributed by atoms with Crippen molar-refractivity contribution in [1.82, 2.24) is 20.0 Å². The van der Waals surface area contributed by atoms with Gasteiger partial charge >= 0.3 is 0 Å². The van der Waals surface area contributed by atoms with E-state index >= 15 is 0 Å². The van der Waals surface area contributed by atoms with E-state index in [1.54, 1.807) is 21.7 Å². The van der Waals surface area contributed by atoms with Crippen LogP contribution in [0.2, 0.25) is 10.0 Å². The van der Waals surface area contributed by atoms with Crippen LogP contribution < -0.4 is 5.32 Å². The molecule has 0 bridgehead atoms. The lowest BCUT2D eigenvalue weighted by Crippen LogP contribution is -2.43. The summed E-state index contributed by atoms with van der Waals surface area (Å²) in [5.74, 6) is -0.657. The number of benzene rings is 1. The van der Waals surface area contributed by atoms with Gasteiger partial charge in [-0.15, -0.1) is 0 Å². The Kier molecular flexibility index (Phi) is 5.27. The Balaban J connectivity index is 1.59. The summed E-state index contributed by atoms with van der Waals surface area (Å²) in [6.07, 6.45) is 0. The van der Waals surface area contributed by atoms with Crippen molar-refractivity contribution in [3.05, 3.63) is 51.3 Å². The highest BCUT2D eigenvalue weighted by molar-refractivity contribution is 6.35. The summed E-state index contributed by atoms with van der Waals surface area (Å²) < 4.78 is 1.78. The zero-order valence-electron chi connectivity index (χ0n) is 13.2. The van der Waals surface area contributed by atoms with Gasteiger partial charge in [0.15, 0.2) is 0 Å². The number of rotatable bonds is 4. The Morgan fingerprint density at radius 2 is 2.04 bits per heavy atom. The van der Waals surface area contributed by atoms with E-state index in [2.05, 4.69) is 10.4 Å². The van der Waals surface area contributed by atoms with E-state index in [1.807, 2.05) is 0 Å². The first-order chi connectivity index (χ1) is 12.0. The number of nitrogens with one attached hydrogen (secondary N) is 1. The smallest absolute Gasteiger partial charge is 0.253 e. The van der Waals surface area contributed by atoms with Crippen LogP contribution in [0.1, 0.15) is 21.7 Å². The Morgan fingerprint density at radius 1 is 1.24 bits per heavy atom. The molecule has 0 saturated heterocycles. The molecule has 1 aromatic carbocycles. The number of hydrogen-bond acceptors (Lipinski definition) is 4. The molecular formula is C16H16Cl2N4O3. The van der Waals surface area contributed by atoms with Gasteiger partial charge in [-0.1, -0.05) is 23.2 Å². The summed E-state index contributed by atoms with van der Waals surface area (Å²) >= 11 is 11.8. The SMILES string of the molecule is O=C(NCC(=O)N1CCn2nc(CO)cc2C1)c1cc(Cl)ccc1Cl. The molecule has 2 N–H and O–H groups in total. The summed E-state index contributed by atoms with van der Waals surface area (Å²) in [4.78, 5) is 26.2. The number of aromatic nitrogens is 2. The van der Waals surface area contributed by atoms with Crippen molar-refractivity contribution in [2.75, 3.05) is 13.1 Å². The lowest BCUT2D eigenvalue weighted by atomic mass is 10.2. The third-order valence-corrected chi connectivity index (χ3v) is 4.50. The van der Waals surface area contributed by atoms with Gasteiger partial charge in [0.25, 0.3) is 5.91 Å². The van der Waals surface area contributed by atoms with Crippen molar-refractivity contribution in [1.29, 1.82) is 0 Å². The first-order valence-corrected chi connectivity index (χ1v) is 8.41. The Bertz CT molecular complexity index is 822. The zero-order valence-corrected chi connectivity index (χ0v) is 14.7. The average Bonchev–Trinajstić information content (AvgIpc) is 3.03. The molecule has 2 heterocycles. The lowest BCUT2D eigenvalue weighted by Gasteiger charge is -2.27. The quantitative estimate of drug-likeness (QED) is 0.837. The molecule has 0 aliphatic carbocycles. The van der Waals surface area contributed by atoms with Gasteiger partial charge < -0.3 is 15.3 Å². The van der Waals surface area contributed by atoms with Gasteiger partial charge in [0.1, 0.15) is 0 Å². The highest BCUT2D eigenvalue weighted by Gasteiger charge is 2.23. The fourth-order valence-corrected chi connectivity index (χ4v) is 3.03. The first-order valence-electron chi connectivity index (χ1n) is 7.65. The number of halogens is 2. The molecule has 0 radical (unpaired) electrons. The number of amides is 2. The molecule has 1 aliphatic rings. The van der Waals surface area contributed by atoms with Gasteiger partial charge in [0, 0.05) is 11.6 Å². The van der Waals surface area contributed by atoms with Crippen molar-refractivity contribution in [2.24, 2.45) is 0 Å². The molecule has 9 heteroatoms. The molecule has 132 valence electrons. The Morgan fingerprint density at radius 3 is 2.80 bits per heavy atom. The van der Waals surface area contributed by atoms with Crippen molar-refractivity contribution < 1.29 is 14.7 Å². The van der Waals surface area contributed by atoms with Crippen LogP contribution in [-0.4, -0.2) is 44.7 Å². The molecule has 0 atom stereocenters. The third-order valence-electron chi connectivity index (χ3n) is 3.94. The largest absolute Gasteiger partial charge is 0.390 e. The maximum absolute atomic E-state index is 12.3. The van der Waals surface area contributed by atoms with Crippen molar-refractivity contribution in [3.8, 4) is 0 Å². The highest BCUT2D eigenvalue weighted by atomic mass is 35.5. The van der Waals surface area contributed by atoms with Crippen molar-refractivity contribution >= 4 is 35.0 Å². The molecular weight excluding hydrogens is 367 g/mol. The van der Waals surface area contributed by atoms with Crippen LogP contribution in [0.4, 0.5) is 0 Å². The topological polar surface area (TPSA) is 87.5 Å². The molecule has 0 saturated carbocycles. The molecule has 7 nitrogen and oxygen atoms in total. The molecule has 3 rings (SSSR count). The van der Waals surface area contributed by atoms with Crippen molar-refractivity contribution in [2.45, 2.75) is 19.7 Å². The minimum Gasteiger partial charge on any atom is -0.390 e. The van der Waals surface area contributed by atoms with Crippen LogP contribution in [0.5, 0.6) is 0 Å². The number of carbonyl (C=O) groups is 2.